The van der Waals surface area contributed by atoms with Crippen LogP contribution in [0.25, 0.3) is 0 Å². The molecule has 0 bridgehead atoms. The van der Waals surface area contributed by atoms with Gasteiger partial charge in [0, 0.05) is 32.4 Å². The zero-order valence-corrected chi connectivity index (χ0v) is 11.6. The first kappa shape index (κ1) is 14.3. The zero-order valence-electron chi connectivity index (χ0n) is 11.6. The van der Waals surface area contributed by atoms with E-state index in [0.717, 1.165) is 17.8 Å². The van der Waals surface area contributed by atoms with Gasteiger partial charge in [0.2, 0.25) is 11.8 Å². The number of para-hydroxylation sites is 1. The maximum atomic E-state index is 12.1. The lowest BCUT2D eigenvalue weighted by Crippen LogP contribution is -2.42. The first-order valence-electron chi connectivity index (χ1n) is 6.65. The number of nitrogens with two attached hydrogens (primary N) is 1. The summed E-state index contributed by atoms with van der Waals surface area (Å²) in [5.41, 5.74) is 7.46. The van der Waals surface area contributed by atoms with Gasteiger partial charge in [-0.1, -0.05) is 18.2 Å². The van der Waals surface area contributed by atoms with Gasteiger partial charge in [0.25, 0.3) is 0 Å². The van der Waals surface area contributed by atoms with Crippen LogP contribution in [-0.4, -0.2) is 49.9 Å². The molecule has 6 heteroatoms. The molecule has 0 saturated carbocycles. The lowest BCUT2D eigenvalue weighted by molar-refractivity contribution is -0.132. The number of hydrogen-bond acceptors (Lipinski definition) is 4. The lowest BCUT2D eigenvalue weighted by atomic mass is 10.1. The minimum absolute atomic E-state index is 0.00190. The predicted molar refractivity (Wildman–Crippen MR) is 77.2 cm³/mol. The molecule has 0 unspecified atom stereocenters. The van der Waals surface area contributed by atoms with E-state index in [-0.39, 0.29) is 24.9 Å². The van der Waals surface area contributed by atoms with Crippen LogP contribution in [-0.2, 0) is 16.1 Å². The molecule has 2 rings (SSSR count). The van der Waals surface area contributed by atoms with E-state index in [0.29, 0.717) is 13.1 Å². The number of amides is 2. The minimum Gasteiger partial charge on any atom is -0.373 e. The number of nitrogens with zero attached hydrogens (tertiary/aromatic N) is 2. The van der Waals surface area contributed by atoms with Crippen LogP contribution in [0.1, 0.15) is 5.56 Å². The molecule has 0 spiro atoms. The Kier molecular flexibility index (Phi) is 4.57. The van der Waals surface area contributed by atoms with Crippen LogP contribution in [0.5, 0.6) is 0 Å². The number of benzene rings is 1. The molecular formula is C14H20N4O2. The standard InChI is InChI=1S/C14H20N4O2/c1-17-6-7-18(14(20)9-16-13(19)8-15)10-11-4-2-3-5-12(11)17/h2-5H,6-10,15H2,1H3,(H,16,19). The number of rotatable bonds is 3. The van der Waals surface area contributed by atoms with E-state index in [9.17, 15) is 9.59 Å². The van der Waals surface area contributed by atoms with Crippen molar-refractivity contribution in [1.82, 2.24) is 10.2 Å². The molecule has 1 aliphatic heterocycles. The van der Waals surface area contributed by atoms with Crippen molar-refractivity contribution in [2.24, 2.45) is 5.73 Å². The second-order valence-electron chi connectivity index (χ2n) is 4.85. The van der Waals surface area contributed by atoms with Gasteiger partial charge in [-0.2, -0.15) is 0 Å². The molecule has 1 aliphatic rings. The van der Waals surface area contributed by atoms with Crippen LogP contribution in [0.2, 0.25) is 0 Å². The van der Waals surface area contributed by atoms with Crippen molar-refractivity contribution in [2.45, 2.75) is 6.54 Å². The van der Waals surface area contributed by atoms with Crippen LogP contribution >= 0.6 is 0 Å². The Hall–Kier alpha value is -2.08. The SMILES string of the molecule is CN1CCN(C(=O)CNC(=O)CN)Cc2ccccc21. The topological polar surface area (TPSA) is 78.7 Å². The molecule has 0 fully saturated rings. The van der Waals surface area contributed by atoms with Crippen LogP contribution in [0.15, 0.2) is 24.3 Å². The monoisotopic (exact) mass is 276 g/mol. The van der Waals surface area contributed by atoms with Gasteiger partial charge in [0.15, 0.2) is 0 Å². The fourth-order valence-electron chi connectivity index (χ4n) is 2.26. The molecule has 0 atom stereocenters. The molecule has 1 heterocycles. The van der Waals surface area contributed by atoms with Gasteiger partial charge < -0.3 is 20.9 Å². The molecule has 108 valence electrons. The van der Waals surface area contributed by atoms with Gasteiger partial charge in [0.1, 0.15) is 0 Å². The summed E-state index contributed by atoms with van der Waals surface area (Å²) < 4.78 is 0. The van der Waals surface area contributed by atoms with Gasteiger partial charge in [0.05, 0.1) is 13.1 Å². The molecular weight excluding hydrogens is 256 g/mol. The van der Waals surface area contributed by atoms with E-state index in [1.54, 1.807) is 4.90 Å². The van der Waals surface area contributed by atoms with Crippen molar-refractivity contribution < 1.29 is 9.59 Å². The molecule has 0 saturated heterocycles. The van der Waals surface area contributed by atoms with E-state index in [1.807, 2.05) is 25.2 Å². The number of carbonyl (C=O) groups is 2. The van der Waals surface area contributed by atoms with Gasteiger partial charge in [-0.15, -0.1) is 0 Å². The lowest BCUT2D eigenvalue weighted by Gasteiger charge is -2.21. The quantitative estimate of drug-likeness (QED) is 0.783. The molecule has 0 aromatic heterocycles. The van der Waals surface area contributed by atoms with Gasteiger partial charge in [-0.05, 0) is 11.6 Å². The Morgan fingerprint density at radius 3 is 2.80 bits per heavy atom. The number of hydrogen-bond donors (Lipinski definition) is 2. The van der Waals surface area contributed by atoms with Crippen molar-refractivity contribution in [3.05, 3.63) is 29.8 Å². The van der Waals surface area contributed by atoms with Crippen molar-refractivity contribution in [2.75, 3.05) is 38.1 Å². The van der Waals surface area contributed by atoms with E-state index in [1.165, 1.54) is 0 Å². The summed E-state index contributed by atoms with van der Waals surface area (Å²) in [6, 6.07) is 8.04. The summed E-state index contributed by atoms with van der Waals surface area (Å²) in [6.45, 7) is 1.88. The number of carbonyl (C=O) groups excluding carboxylic acids is 2. The molecule has 1 aromatic rings. The van der Waals surface area contributed by atoms with Crippen LogP contribution < -0.4 is 16.0 Å². The molecule has 2 amide bonds. The fourth-order valence-corrected chi connectivity index (χ4v) is 2.26. The van der Waals surface area contributed by atoms with E-state index in [4.69, 9.17) is 5.73 Å². The Morgan fingerprint density at radius 2 is 2.05 bits per heavy atom. The predicted octanol–water partition coefficient (Wildman–Crippen LogP) is -0.460. The Morgan fingerprint density at radius 1 is 1.30 bits per heavy atom. The second-order valence-corrected chi connectivity index (χ2v) is 4.85. The third-order valence-electron chi connectivity index (χ3n) is 3.44. The first-order chi connectivity index (χ1) is 9.61. The van der Waals surface area contributed by atoms with Crippen molar-refractivity contribution in [3.63, 3.8) is 0 Å². The molecule has 0 aliphatic carbocycles. The third kappa shape index (κ3) is 3.27. The largest absolute Gasteiger partial charge is 0.373 e. The Labute approximate surface area is 118 Å². The number of anilines is 1. The third-order valence-corrected chi connectivity index (χ3v) is 3.44. The highest BCUT2D eigenvalue weighted by atomic mass is 16.2. The summed E-state index contributed by atoms with van der Waals surface area (Å²) in [7, 11) is 2.02. The number of nitrogens with one attached hydrogen (secondary N) is 1. The summed E-state index contributed by atoms with van der Waals surface area (Å²) in [5, 5.41) is 2.52. The summed E-state index contributed by atoms with van der Waals surface area (Å²) >= 11 is 0. The smallest absolute Gasteiger partial charge is 0.242 e. The molecule has 0 radical (unpaired) electrons. The first-order valence-corrected chi connectivity index (χ1v) is 6.65. The normalized spacial score (nSPS) is 14.5. The molecule has 1 aromatic carbocycles. The second kappa shape index (κ2) is 6.38. The van der Waals surface area contributed by atoms with Gasteiger partial charge in [-0.3, -0.25) is 9.59 Å². The van der Waals surface area contributed by atoms with E-state index >= 15 is 0 Å². The highest BCUT2D eigenvalue weighted by molar-refractivity contribution is 5.85. The summed E-state index contributed by atoms with van der Waals surface area (Å²) in [5.74, 6) is -0.400. The molecule has 3 N–H and O–H groups in total. The number of fused-ring (bicyclic) bond motifs is 1. The van der Waals surface area contributed by atoms with E-state index < -0.39 is 0 Å². The average Bonchev–Trinajstić information content (AvgIpc) is 2.64. The Bertz CT molecular complexity index is 504. The summed E-state index contributed by atoms with van der Waals surface area (Å²) in [4.78, 5) is 27.1. The highest BCUT2D eigenvalue weighted by Gasteiger charge is 2.20. The summed E-state index contributed by atoms with van der Waals surface area (Å²) in [6.07, 6.45) is 0. The zero-order chi connectivity index (χ0) is 14.5. The van der Waals surface area contributed by atoms with Crippen LogP contribution in [0.4, 0.5) is 5.69 Å². The maximum Gasteiger partial charge on any atom is 0.242 e. The maximum absolute atomic E-state index is 12.1. The Balaban J connectivity index is 2.04. The van der Waals surface area contributed by atoms with Crippen molar-refractivity contribution >= 4 is 17.5 Å². The average molecular weight is 276 g/mol. The van der Waals surface area contributed by atoms with Gasteiger partial charge in [-0.25, -0.2) is 0 Å². The van der Waals surface area contributed by atoms with Crippen LogP contribution in [0.3, 0.4) is 0 Å². The number of likely N-dealkylation sites (N-methyl/N-ethyl adjacent to an activating group) is 1. The van der Waals surface area contributed by atoms with Crippen LogP contribution in [0, 0.1) is 0 Å². The highest BCUT2D eigenvalue weighted by Crippen LogP contribution is 2.23. The minimum atomic E-state index is -0.314. The van der Waals surface area contributed by atoms with Crippen molar-refractivity contribution in [1.29, 1.82) is 0 Å². The van der Waals surface area contributed by atoms with Crippen molar-refractivity contribution in [3.8, 4) is 0 Å². The van der Waals surface area contributed by atoms with Gasteiger partial charge >= 0.3 is 0 Å². The molecule has 20 heavy (non-hydrogen) atoms. The van der Waals surface area contributed by atoms with E-state index in [2.05, 4.69) is 16.3 Å². The molecule has 6 nitrogen and oxygen atoms in total. The fraction of sp³-hybridized carbons (Fsp3) is 0.429.